The summed E-state index contributed by atoms with van der Waals surface area (Å²) in [4.78, 5) is 13.5. The normalized spacial score (nSPS) is 20.9. The zero-order valence-electron chi connectivity index (χ0n) is 20.0. The molecule has 4 nitrogen and oxygen atoms in total. The van der Waals surface area contributed by atoms with Crippen molar-refractivity contribution in [3.05, 3.63) is 94.5 Å². The highest BCUT2D eigenvalue weighted by Gasteiger charge is 2.34. The van der Waals surface area contributed by atoms with E-state index >= 15 is 0 Å². The van der Waals surface area contributed by atoms with Gasteiger partial charge in [0.2, 0.25) is 0 Å². The van der Waals surface area contributed by atoms with E-state index in [-0.39, 0.29) is 23.7 Å². The number of anilines is 1. The summed E-state index contributed by atoms with van der Waals surface area (Å²) in [6.07, 6.45) is 2.86. The molecule has 2 heterocycles. The van der Waals surface area contributed by atoms with Gasteiger partial charge in [0.15, 0.2) is 0 Å². The maximum absolute atomic E-state index is 11.1. The summed E-state index contributed by atoms with van der Waals surface area (Å²) in [7, 11) is 0. The Kier molecular flexibility index (Phi) is 6.42. The molecule has 2 atom stereocenters. The van der Waals surface area contributed by atoms with E-state index in [0.29, 0.717) is 12.5 Å². The van der Waals surface area contributed by atoms with Crippen LogP contribution in [-0.4, -0.2) is 24.5 Å². The number of nitrogens with zero attached hydrogens (tertiary/aromatic N) is 1. The van der Waals surface area contributed by atoms with Crippen LogP contribution >= 0.6 is 0 Å². The summed E-state index contributed by atoms with van der Waals surface area (Å²) >= 11 is 0. The maximum atomic E-state index is 11.1. The molecule has 1 fully saturated rings. The van der Waals surface area contributed by atoms with Gasteiger partial charge in [-0.1, -0.05) is 56.3 Å². The Labute approximate surface area is 202 Å². The highest BCUT2D eigenvalue weighted by Crippen LogP contribution is 2.47. The van der Waals surface area contributed by atoms with Gasteiger partial charge in [-0.25, -0.2) is 0 Å². The minimum atomic E-state index is -0.0928. The highest BCUT2D eigenvalue weighted by atomic mass is 16.5. The molecule has 2 aliphatic rings. The fourth-order valence-electron chi connectivity index (χ4n) is 5.57. The van der Waals surface area contributed by atoms with Gasteiger partial charge in [0.25, 0.3) is 0 Å². The third-order valence-corrected chi connectivity index (χ3v) is 7.46. The quantitative estimate of drug-likeness (QED) is 0.457. The zero-order chi connectivity index (χ0) is 23.7. The molecule has 4 heteroatoms. The number of piperidine rings is 1. The second-order valence-corrected chi connectivity index (χ2v) is 9.93. The molecule has 0 aliphatic carbocycles. The van der Waals surface area contributed by atoms with Gasteiger partial charge >= 0.3 is 0 Å². The van der Waals surface area contributed by atoms with Crippen LogP contribution in [0, 0.1) is 5.92 Å². The number of benzene rings is 3. The number of aromatic hydroxyl groups is 1. The largest absolute Gasteiger partial charge is 0.508 e. The van der Waals surface area contributed by atoms with E-state index in [0.717, 1.165) is 37.8 Å². The van der Waals surface area contributed by atoms with Crippen LogP contribution in [0.25, 0.3) is 0 Å². The van der Waals surface area contributed by atoms with Crippen molar-refractivity contribution in [2.45, 2.75) is 51.2 Å². The Morgan fingerprint density at radius 3 is 2.41 bits per heavy atom. The van der Waals surface area contributed by atoms with Gasteiger partial charge in [0.05, 0.1) is 12.7 Å². The number of hydrogen-bond donors (Lipinski definition) is 1. The standard InChI is InChI=1S/C30H33NO3/c1-20(2)26-5-3-4-6-28(26)30-29(27-12-11-25(33)17-23(27)19-34-30)22-7-9-24(10-8-22)31-15-13-21(18-32)14-16-31/h3-12,17-18,20-21,29-30,33H,13-16,19H2,1-2H3/t29-,30-/m0/s1. The Morgan fingerprint density at radius 1 is 0.971 bits per heavy atom. The number of rotatable bonds is 5. The lowest BCUT2D eigenvalue weighted by molar-refractivity contribution is -0.111. The van der Waals surface area contributed by atoms with E-state index in [9.17, 15) is 9.90 Å². The van der Waals surface area contributed by atoms with Crippen LogP contribution in [0.5, 0.6) is 5.75 Å². The lowest BCUT2D eigenvalue weighted by Gasteiger charge is -2.36. The third kappa shape index (κ3) is 4.35. The Balaban J connectivity index is 1.52. The van der Waals surface area contributed by atoms with Gasteiger partial charge in [0, 0.05) is 30.6 Å². The van der Waals surface area contributed by atoms with E-state index < -0.39 is 0 Å². The number of phenolic OH excluding ortho intramolecular Hbond substituents is 1. The lowest BCUT2D eigenvalue weighted by Crippen LogP contribution is -2.34. The monoisotopic (exact) mass is 455 g/mol. The summed E-state index contributed by atoms with van der Waals surface area (Å²) in [5, 5.41) is 10.1. The molecule has 176 valence electrons. The zero-order valence-corrected chi connectivity index (χ0v) is 20.0. The van der Waals surface area contributed by atoms with Crippen LogP contribution in [0.15, 0.2) is 66.7 Å². The molecule has 0 spiro atoms. The van der Waals surface area contributed by atoms with E-state index in [1.165, 1.54) is 27.9 Å². The molecule has 3 aromatic rings. The molecule has 0 bridgehead atoms. The Bertz CT molecular complexity index is 1150. The van der Waals surface area contributed by atoms with Crippen molar-refractivity contribution < 1.29 is 14.6 Å². The average molecular weight is 456 g/mol. The van der Waals surface area contributed by atoms with Crippen molar-refractivity contribution in [1.29, 1.82) is 0 Å². The summed E-state index contributed by atoms with van der Waals surface area (Å²) in [5.74, 6) is 0.915. The van der Waals surface area contributed by atoms with Crippen LogP contribution in [0.2, 0.25) is 0 Å². The smallest absolute Gasteiger partial charge is 0.123 e. The number of hydrogen-bond acceptors (Lipinski definition) is 4. The Hall–Kier alpha value is -3.11. The molecule has 0 saturated carbocycles. The molecule has 5 rings (SSSR count). The maximum Gasteiger partial charge on any atom is 0.123 e. The number of fused-ring (bicyclic) bond motifs is 1. The number of ether oxygens (including phenoxy) is 1. The van der Waals surface area contributed by atoms with Crippen molar-refractivity contribution in [1.82, 2.24) is 0 Å². The molecule has 0 radical (unpaired) electrons. The molecule has 34 heavy (non-hydrogen) atoms. The van der Waals surface area contributed by atoms with E-state index in [4.69, 9.17) is 4.74 Å². The number of aldehydes is 1. The molecule has 1 N–H and O–H groups in total. The van der Waals surface area contributed by atoms with Crippen molar-refractivity contribution in [2.75, 3.05) is 18.0 Å². The topological polar surface area (TPSA) is 49.8 Å². The number of carbonyl (C=O) groups excluding carboxylic acids is 1. The molecule has 2 aliphatic heterocycles. The van der Waals surface area contributed by atoms with Gasteiger partial charge in [-0.3, -0.25) is 0 Å². The fourth-order valence-corrected chi connectivity index (χ4v) is 5.57. The molecular weight excluding hydrogens is 422 g/mol. The van der Waals surface area contributed by atoms with Gasteiger partial charge in [-0.05, 0) is 70.8 Å². The van der Waals surface area contributed by atoms with Crippen LogP contribution in [0.1, 0.15) is 72.4 Å². The first-order chi connectivity index (χ1) is 16.5. The summed E-state index contributed by atoms with van der Waals surface area (Å²) in [6.45, 7) is 6.78. The van der Waals surface area contributed by atoms with Crippen molar-refractivity contribution in [2.24, 2.45) is 5.92 Å². The van der Waals surface area contributed by atoms with Crippen LogP contribution in [-0.2, 0) is 16.1 Å². The molecule has 0 amide bonds. The first-order valence-corrected chi connectivity index (χ1v) is 12.4. The second kappa shape index (κ2) is 9.63. The van der Waals surface area contributed by atoms with Gasteiger partial charge in [-0.2, -0.15) is 0 Å². The fraction of sp³-hybridized carbons (Fsp3) is 0.367. The SMILES string of the molecule is CC(C)c1ccccc1[C@@H]1OCc2cc(O)ccc2[C@@H]1c1ccc(N2CCC(C=O)CC2)cc1. The third-order valence-electron chi connectivity index (χ3n) is 7.46. The molecule has 3 aromatic carbocycles. The predicted octanol–water partition coefficient (Wildman–Crippen LogP) is 6.33. The van der Waals surface area contributed by atoms with E-state index in [1.54, 1.807) is 6.07 Å². The van der Waals surface area contributed by atoms with Crippen LogP contribution in [0.3, 0.4) is 0 Å². The van der Waals surface area contributed by atoms with Gasteiger partial charge in [-0.15, -0.1) is 0 Å². The first kappa shape index (κ1) is 22.7. The first-order valence-electron chi connectivity index (χ1n) is 12.4. The molecule has 0 unspecified atom stereocenters. The molecule has 0 aromatic heterocycles. The van der Waals surface area contributed by atoms with Gasteiger partial charge < -0.3 is 19.5 Å². The summed E-state index contributed by atoms with van der Waals surface area (Å²) < 4.78 is 6.52. The molecule has 1 saturated heterocycles. The highest BCUT2D eigenvalue weighted by molar-refractivity contribution is 5.56. The summed E-state index contributed by atoms with van der Waals surface area (Å²) in [5.41, 5.74) is 7.22. The average Bonchev–Trinajstić information content (AvgIpc) is 2.88. The van der Waals surface area contributed by atoms with Crippen molar-refractivity contribution >= 4 is 12.0 Å². The Morgan fingerprint density at radius 2 is 1.71 bits per heavy atom. The lowest BCUT2D eigenvalue weighted by atomic mass is 9.77. The van der Waals surface area contributed by atoms with Gasteiger partial charge in [0.1, 0.15) is 12.0 Å². The van der Waals surface area contributed by atoms with E-state index in [1.807, 2.05) is 6.07 Å². The van der Waals surface area contributed by atoms with E-state index in [2.05, 4.69) is 73.3 Å². The minimum absolute atomic E-state index is 0.0408. The summed E-state index contributed by atoms with van der Waals surface area (Å²) in [6, 6.07) is 23.1. The van der Waals surface area contributed by atoms with Crippen LogP contribution < -0.4 is 4.90 Å². The van der Waals surface area contributed by atoms with Crippen molar-refractivity contribution in [3.63, 3.8) is 0 Å². The number of carbonyl (C=O) groups is 1. The predicted molar refractivity (Wildman–Crippen MR) is 135 cm³/mol. The van der Waals surface area contributed by atoms with Crippen LogP contribution in [0.4, 0.5) is 5.69 Å². The number of phenols is 1. The molecular formula is C30H33NO3. The van der Waals surface area contributed by atoms with Crippen molar-refractivity contribution in [3.8, 4) is 5.75 Å². The minimum Gasteiger partial charge on any atom is -0.508 e. The second-order valence-electron chi connectivity index (χ2n) is 9.93.